The minimum absolute atomic E-state index is 0.0630. The second-order valence-corrected chi connectivity index (χ2v) is 5.09. The van der Waals surface area contributed by atoms with E-state index in [1.807, 2.05) is 0 Å². The Labute approximate surface area is 114 Å². The lowest BCUT2D eigenvalue weighted by atomic mass is 9.96. The Morgan fingerprint density at radius 1 is 1.26 bits per heavy atom. The molecule has 0 bridgehead atoms. The summed E-state index contributed by atoms with van der Waals surface area (Å²) in [6, 6.07) is 8.43. The first-order valence-electron chi connectivity index (χ1n) is 6.81. The molecule has 1 aliphatic heterocycles. The summed E-state index contributed by atoms with van der Waals surface area (Å²) in [5.74, 6) is 0.0211. The van der Waals surface area contributed by atoms with E-state index in [-0.39, 0.29) is 11.9 Å². The van der Waals surface area contributed by atoms with Crippen molar-refractivity contribution in [3.05, 3.63) is 35.4 Å². The summed E-state index contributed by atoms with van der Waals surface area (Å²) in [7, 11) is 1.47. The van der Waals surface area contributed by atoms with Gasteiger partial charge in [-0.25, -0.2) is 0 Å². The summed E-state index contributed by atoms with van der Waals surface area (Å²) >= 11 is 0. The van der Waals surface area contributed by atoms with Crippen LogP contribution in [0.5, 0.6) is 0 Å². The molecule has 1 aromatic carbocycles. The number of carbonyl (C=O) groups excluding carboxylic acids is 1. The van der Waals surface area contributed by atoms with Crippen LogP contribution in [0.25, 0.3) is 0 Å². The fourth-order valence-corrected chi connectivity index (χ4v) is 2.53. The highest BCUT2D eigenvalue weighted by Crippen LogP contribution is 2.20. The van der Waals surface area contributed by atoms with Crippen molar-refractivity contribution in [3.63, 3.8) is 0 Å². The van der Waals surface area contributed by atoms with E-state index in [0.29, 0.717) is 6.54 Å². The summed E-state index contributed by atoms with van der Waals surface area (Å²) in [6.07, 6.45) is 1.79. The van der Waals surface area contributed by atoms with E-state index in [9.17, 15) is 4.79 Å². The Balaban J connectivity index is 1.83. The molecular formula is C15H22N2O2. The molecule has 4 nitrogen and oxygen atoms in total. The Morgan fingerprint density at radius 2 is 1.84 bits per heavy atom. The smallest absolute Gasteiger partial charge is 0.308 e. The number of benzene rings is 1. The topological polar surface area (TPSA) is 55.6 Å². The molecule has 1 heterocycles. The quantitative estimate of drug-likeness (QED) is 0.836. The third-order valence-electron chi connectivity index (χ3n) is 3.79. The summed E-state index contributed by atoms with van der Waals surface area (Å²) in [4.78, 5) is 13.8. The maximum Gasteiger partial charge on any atom is 0.308 e. The minimum Gasteiger partial charge on any atom is -0.469 e. The zero-order valence-corrected chi connectivity index (χ0v) is 11.5. The molecule has 0 unspecified atom stereocenters. The van der Waals surface area contributed by atoms with Gasteiger partial charge in [-0.2, -0.15) is 0 Å². The maximum absolute atomic E-state index is 11.4. The Morgan fingerprint density at radius 3 is 2.37 bits per heavy atom. The van der Waals surface area contributed by atoms with Crippen LogP contribution < -0.4 is 5.73 Å². The predicted molar refractivity (Wildman–Crippen MR) is 74.4 cm³/mol. The molecule has 0 aliphatic carbocycles. The maximum atomic E-state index is 11.4. The number of nitrogens with zero attached hydrogens (tertiary/aromatic N) is 1. The second-order valence-electron chi connectivity index (χ2n) is 5.09. The molecule has 0 aromatic heterocycles. The van der Waals surface area contributed by atoms with Gasteiger partial charge in [0.1, 0.15) is 0 Å². The Kier molecular flexibility index (Phi) is 4.93. The van der Waals surface area contributed by atoms with Crippen LogP contribution in [-0.4, -0.2) is 31.1 Å². The van der Waals surface area contributed by atoms with Crippen molar-refractivity contribution >= 4 is 5.97 Å². The summed E-state index contributed by atoms with van der Waals surface area (Å²) in [5.41, 5.74) is 8.05. The van der Waals surface area contributed by atoms with Crippen molar-refractivity contribution in [1.29, 1.82) is 0 Å². The van der Waals surface area contributed by atoms with Crippen LogP contribution in [0.3, 0.4) is 0 Å². The number of hydrogen-bond acceptors (Lipinski definition) is 4. The van der Waals surface area contributed by atoms with Crippen LogP contribution in [0.2, 0.25) is 0 Å². The van der Waals surface area contributed by atoms with Gasteiger partial charge >= 0.3 is 5.97 Å². The Bertz CT molecular complexity index is 409. The lowest BCUT2D eigenvalue weighted by Gasteiger charge is -2.30. The van der Waals surface area contributed by atoms with Gasteiger partial charge in [0.15, 0.2) is 0 Å². The molecule has 19 heavy (non-hydrogen) atoms. The first-order chi connectivity index (χ1) is 9.22. The molecule has 0 spiro atoms. The lowest BCUT2D eigenvalue weighted by Crippen LogP contribution is -2.36. The second kappa shape index (κ2) is 6.68. The molecule has 0 amide bonds. The molecule has 104 valence electrons. The summed E-state index contributed by atoms with van der Waals surface area (Å²) in [6.45, 7) is 3.44. The lowest BCUT2D eigenvalue weighted by molar-refractivity contribution is -0.147. The number of ether oxygens (including phenoxy) is 1. The number of methoxy groups -OCH3 is 1. The van der Waals surface area contributed by atoms with Crippen LogP contribution in [0.1, 0.15) is 24.0 Å². The van der Waals surface area contributed by atoms with Crippen molar-refractivity contribution < 1.29 is 9.53 Å². The molecule has 1 saturated heterocycles. The van der Waals surface area contributed by atoms with E-state index in [0.717, 1.165) is 38.0 Å². The number of piperidine rings is 1. The van der Waals surface area contributed by atoms with Gasteiger partial charge in [0, 0.05) is 13.1 Å². The molecule has 4 heteroatoms. The number of nitrogens with two attached hydrogens (primary N) is 1. The molecule has 0 saturated carbocycles. The molecule has 1 fully saturated rings. The molecule has 2 rings (SSSR count). The molecular weight excluding hydrogens is 240 g/mol. The standard InChI is InChI=1S/C15H22N2O2/c1-19-15(18)14-6-8-17(9-7-14)11-13-4-2-12(10-16)3-5-13/h2-5,14H,6-11,16H2,1H3. The molecule has 0 atom stereocenters. The van der Waals surface area contributed by atoms with Crippen LogP contribution in [-0.2, 0) is 22.6 Å². The molecule has 2 N–H and O–H groups in total. The van der Waals surface area contributed by atoms with Gasteiger partial charge in [0.2, 0.25) is 0 Å². The highest BCUT2D eigenvalue weighted by molar-refractivity contribution is 5.72. The third kappa shape index (κ3) is 3.78. The number of hydrogen-bond donors (Lipinski definition) is 1. The number of carbonyl (C=O) groups is 1. The normalized spacial score (nSPS) is 17.4. The van der Waals surface area contributed by atoms with E-state index in [1.165, 1.54) is 12.7 Å². The van der Waals surface area contributed by atoms with E-state index in [4.69, 9.17) is 10.5 Å². The summed E-state index contributed by atoms with van der Waals surface area (Å²) < 4.78 is 4.80. The monoisotopic (exact) mass is 262 g/mol. The van der Waals surface area contributed by atoms with Crippen LogP contribution >= 0.6 is 0 Å². The fraction of sp³-hybridized carbons (Fsp3) is 0.533. The number of likely N-dealkylation sites (tertiary alicyclic amines) is 1. The van der Waals surface area contributed by atoms with Gasteiger partial charge in [-0.15, -0.1) is 0 Å². The van der Waals surface area contributed by atoms with E-state index in [1.54, 1.807) is 0 Å². The third-order valence-corrected chi connectivity index (χ3v) is 3.79. The van der Waals surface area contributed by atoms with E-state index >= 15 is 0 Å². The number of rotatable bonds is 4. The van der Waals surface area contributed by atoms with Gasteiger partial charge in [-0.3, -0.25) is 9.69 Å². The Hall–Kier alpha value is -1.39. The van der Waals surface area contributed by atoms with Gasteiger partial charge in [0.25, 0.3) is 0 Å². The van der Waals surface area contributed by atoms with Gasteiger partial charge < -0.3 is 10.5 Å². The zero-order valence-electron chi connectivity index (χ0n) is 11.5. The van der Waals surface area contributed by atoms with Crippen molar-refractivity contribution in [2.75, 3.05) is 20.2 Å². The summed E-state index contributed by atoms with van der Waals surface area (Å²) in [5, 5.41) is 0. The average Bonchev–Trinajstić information content (AvgIpc) is 2.48. The van der Waals surface area contributed by atoms with Gasteiger partial charge in [0.05, 0.1) is 13.0 Å². The number of esters is 1. The SMILES string of the molecule is COC(=O)C1CCN(Cc2ccc(CN)cc2)CC1. The first kappa shape index (κ1) is 14.0. The predicted octanol–water partition coefficient (Wildman–Crippen LogP) is 1.53. The first-order valence-corrected chi connectivity index (χ1v) is 6.81. The van der Waals surface area contributed by atoms with E-state index < -0.39 is 0 Å². The zero-order chi connectivity index (χ0) is 13.7. The highest BCUT2D eigenvalue weighted by Gasteiger charge is 2.25. The van der Waals surface area contributed by atoms with Crippen LogP contribution in [0.15, 0.2) is 24.3 Å². The molecule has 1 aliphatic rings. The van der Waals surface area contributed by atoms with Crippen molar-refractivity contribution in [2.45, 2.75) is 25.9 Å². The highest BCUT2D eigenvalue weighted by atomic mass is 16.5. The fourth-order valence-electron chi connectivity index (χ4n) is 2.53. The molecule has 1 aromatic rings. The van der Waals surface area contributed by atoms with Crippen molar-refractivity contribution in [1.82, 2.24) is 4.90 Å². The van der Waals surface area contributed by atoms with Crippen LogP contribution in [0.4, 0.5) is 0 Å². The minimum atomic E-state index is -0.0630. The van der Waals surface area contributed by atoms with Gasteiger partial charge in [-0.1, -0.05) is 24.3 Å². The van der Waals surface area contributed by atoms with Crippen molar-refractivity contribution in [2.24, 2.45) is 11.7 Å². The molecule has 0 radical (unpaired) electrons. The van der Waals surface area contributed by atoms with Crippen molar-refractivity contribution in [3.8, 4) is 0 Å². The van der Waals surface area contributed by atoms with E-state index in [2.05, 4.69) is 29.2 Å². The largest absolute Gasteiger partial charge is 0.469 e. The van der Waals surface area contributed by atoms with Crippen LogP contribution in [0, 0.1) is 5.92 Å². The average molecular weight is 262 g/mol. The van der Waals surface area contributed by atoms with Gasteiger partial charge in [-0.05, 0) is 37.1 Å².